The first kappa shape index (κ1) is 17.2. The smallest absolute Gasteiger partial charge is 0.271 e. The highest BCUT2D eigenvalue weighted by molar-refractivity contribution is 5.93. The fraction of sp³-hybridized carbons (Fsp3) is 0.526. The zero-order chi connectivity index (χ0) is 18.0. The van der Waals surface area contributed by atoms with Gasteiger partial charge in [0.2, 0.25) is 0 Å². The third kappa shape index (κ3) is 3.37. The standard InChI is InChI=1S/C19H25N5O2/c1-23-9-6-15(11-26-12-16-4-2-3-7-20-16)10-19(23)13-24(14-19)18(25)17-5-8-21-22-17/h2-5,7-8,15H,6,9-14H2,1H3,(H,21,22)/t15-/m1/s1. The minimum Gasteiger partial charge on any atom is -0.375 e. The second-order valence-electron chi connectivity index (χ2n) is 7.47. The van der Waals surface area contributed by atoms with E-state index in [1.807, 2.05) is 23.1 Å². The molecule has 7 nitrogen and oxygen atoms in total. The zero-order valence-electron chi connectivity index (χ0n) is 15.1. The van der Waals surface area contributed by atoms with Crippen molar-refractivity contribution in [2.24, 2.45) is 5.92 Å². The minimum absolute atomic E-state index is 0.0371. The van der Waals surface area contributed by atoms with Crippen LogP contribution in [0.2, 0.25) is 0 Å². The predicted octanol–water partition coefficient (Wildman–Crippen LogP) is 1.56. The molecule has 1 N–H and O–H groups in total. The molecule has 0 aliphatic carbocycles. The Balaban J connectivity index is 1.29. The maximum Gasteiger partial charge on any atom is 0.271 e. The molecule has 2 aliphatic rings. The lowest BCUT2D eigenvalue weighted by atomic mass is 9.75. The number of likely N-dealkylation sites (N-methyl/N-ethyl adjacent to an activating group) is 1. The van der Waals surface area contributed by atoms with Gasteiger partial charge in [-0.25, -0.2) is 0 Å². The van der Waals surface area contributed by atoms with Crippen LogP contribution in [0.5, 0.6) is 0 Å². The summed E-state index contributed by atoms with van der Waals surface area (Å²) in [5.74, 6) is 0.564. The number of pyridine rings is 1. The molecule has 138 valence electrons. The van der Waals surface area contributed by atoms with Crippen molar-refractivity contribution in [2.45, 2.75) is 25.0 Å². The Kier molecular flexibility index (Phi) is 4.74. The van der Waals surface area contributed by atoms with Gasteiger partial charge in [0.25, 0.3) is 5.91 Å². The number of hydrogen-bond acceptors (Lipinski definition) is 5. The van der Waals surface area contributed by atoms with Gasteiger partial charge in [-0.3, -0.25) is 19.8 Å². The van der Waals surface area contributed by atoms with Gasteiger partial charge in [0.15, 0.2) is 0 Å². The first-order valence-corrected chi connectivity index (χ1v) is 9.14. The van der Waals surface area contributed by atoms with E-state index in [0.29, 0.717) is 18.2 Å². The molecular weight excluding hydrogens is 330 g/mol. The minimum atomic E-state index is 0.0371. The largest absolute Gasteiger partial charge is 0.375 e. The van der Waals surface area contributed by atoms with Crippen molar-refractivity contribution in [1.29, 1.82) is 0 Å². The van der Waals surface area contributed by atoms with E-state index in [2.05, 4.69) is 27.1 Å². The molecule has 2 aromatic heterocycles. The van der Waals surface area contributed by atoms with Crippen molar-refractivity contribution >= 4 is 5.91 Å². The van der Waals surface area contributed by atoms with Crippen molar-refractivity contribution in [2.75, 3.05) is 33.3 Å². The van der Waals surface area contributed by atoms with Gasteiger partial charge in [0, 0.05) is 25.5 Å². The van der Waals surface area contributed by atoms with E-state index >= 15 is 0 Å². The molecule has 1 amide bonds. The number of carbonyl (C=O) groups is 1. The molecule has 0 aromatic carbocycles. The van der Waals surface area contributed by atoms with Gasteiger partial charge in [-0.2, -0.15) is 5.10 Å². The van der Waals surface area contributed by atoms with Crippen LogP contribution in [0.1, 0.15) is 29.0 Å². The van der Waals surface area contributed by atoms with Crippen LogP contribution in [-0.4, -0.2) is 69.7 Å². The van der Waals surface area contributed by atoms with E-state index < -0.39 is 0 Å². The number of H-pyrrole nitrogens is 1. The molecule has 1 atom stereocenters. The molecule has 1 spiro atoms. The normalized spacial score (nSPS) is 22.3. The van der Waals surface area contributed by atoms with Crippen molar-refractivity contribution in [3.63, 3.8) is 0 Å². The first-order valence-electron chi connectivity index (χ1n) is 9.14. The van der Waals surface area contributed by atoms with E-state index in [9.17, 15) is 4.79 Å². The molecule has 2 fully saturated rings. The highest BCUT2D eigenvalue weighted by Gasteiger charge is 2.51. The second kappa shape index (κ2) is 7.17. The Labute approximate surface area is 153 Å². The van der Waals surface area contributed by atoms with Gasteiger partial charge in [-0.05, 0) is 50.6 Å². The number of likely N-dealkylation sites (tertiary alicyclic amines) is 2. The molecule has 4 rings (SSSR count). The summed E-state index contributed by atoms with van der Waals surface area (Å²) >= 11 is 0. The van der Waals surface area contributed by atoms with E-state index in [1.165, 1.54) is 0 Å². The Morgan fingerprint density at radius 2 is 2.23 bits per heavy atom. The lowest BCUT2D eigenvalue weighted by Gasteiger charge is -2.58. The number of hydrogen-bond donors (Lipinski definition) is 1. The topological polar surface area (TPSA) is 74.3 Å². The summed E-state index contributed by atoms with van der Waals surface area (Å²) < 4.78 is 5.91. The molecule has 0 radical (unpaired) electrons. The number of nitrogens with one attached hydrogen (secondary N) is 1. The first-order chi connectivity index (χ1) is 12.7. The van der Waals surface area contributed by atoms with Crippen LogP contribution in [0.25, 0.3) is 0 Å². The zero-order valence-corrected chi connectivity index (χ0v) is 15.1. The maximum atomic E-state index is 12.4. The summed E-state index contributed by atoms with van der Waals surface area (Å²) in [5, 5.41) is 6.63. The lowest BCUT2D eigenvalue weighted by molar-refractivity contribution is -0.0770. The predicted molar refractivity (Wildman–Crippen MR) is 96.5 cm³/mol. The molecule has 2 aromatic rings. The molecule has 0 saturated carbocycles. The van der Waals surface area contributed by atoms with Gasteiger partial charge in [0.05, 0.1) is 24.4 Å². The maximum absolute atomic E-state index is 12.4. The Bertz CT molecular complexity index is 728. The van der Waals surface area contributed by atoms with Gasteiger partial charge < -0.3 is 9.64 Å². The fourth-order valence-corrected chi connectivity index (χ4v) is 4.09. The summed E-state index contributed by atoms with van der Waals surface area (Å²) in [6.07, 6.45) is 5.61. The summed E-state index contributed by atoms with van der Waals surface area (Å²) in [4.78, 5) is 21.1. The van der Waals surface area contributed by atoms with E-state index in [4.69, 9.17) is 4.74 Å². The van der Waals surface area contributed by atoms with E-state index in [-0.39, 0.29) is 11.4 Å². The molecule has 7 heteroatoms. The molecular formula is C19H25N5O2. The molecule has 26 heavy (non-hydrogen) atoms. The van der Waals surface area contributed by atoms with Crippen molar-refractivity contribution in [1.82, 2.24) is 25.0 Å². The van der Waals surface area contributed by atoms with Crippen LogP contribution in [0.3, 0.4) is 0 Å². The summed E-state index contributed by atoms with van der Waals surface area (Å²) in [5.41, 5.74) is 1.62. The summed E-state index contributed by atoms with van der Waals surface area (Å²) in [6, 6.07) is 7.61. The molecule has 0 unspecified atom stereocenters. The van der Waals surface area contributed by atoms with E-state index in [1.54, 1.807) is 18.5 Å². The van der Waals surface area contributed by atoms with Crippen LogP contribution >= 0.6 is 0 Å². The Morgan fingerprint density at radius 1 is 1.35 bits per heavy atom. The second-order valence-corrected chi connectivity index (χ2v) is 7.47. The van der Waals surface area contributed by atoms with Gasteiger partial charge >= 0.3 is 0 Å². The highest BCUT2D eigenvalue weighted by atomic mass is 16.5. The SMILES string of the molecule is CN1CC[C@@H](COCc2ccccn2)CC12CN(C(=O)c1ccn[nH]1)C2. The number of aromatic nitrogens is 3. The van der Waals surface area contributed by atoms with Gasteiger partial charge in [0.1, 0.15) is 5.69 Å². The number of amides is 1. The number of ether oxygens (including phenoxy) is 1. The molecule has 2 aliphatic heterocycles. The summed E-state index contributed by atoms with van der Waals surface area (Å²) in [7, 11) is 2.17. The highest BCUT2D eigenvalue weighted by Crippen LogP contribution is 2.38. The Morgan fingerprint density at radius 3 is 2.96 bits per heavy atom. The van der Waals surface area contributed by atoms with Crippen molar-refractivity contribution < 1.29 is 9.53 Å². The van der Waals surface area contributed by atoms with Crippen LogP contribution in [-0.2, 0) is 11.3 Å². The molecule has 0 bridgehead atoms. The van der Waals surface area contributed by atoms with Crippen LogP contribution in [0.4, 0.5) is 0 Å². The number of aromatic amines is 1. The third-order valence-corrected chi connectivity index (χ3v) is 5.67. The lowest BCUT2D eigenvalue weighted by Crippen LogP contribution is -2.72. The van der Waals surface area contributed by atoms with Crippen LogP contribution in [0.15, 0.2) is 36.7 Å². The number of rotatable bonds is 5. The third-order valence-electron chi connectivity index (χ3n) is 5.67. The fourth-order valence-electron chi connectivity index (χ4n) is 4.09. The van der Waals surface area contributed by atoms with Crippen LogP contribution < -0.4 is 0 Å². The van der Waals surface area contributed by atoms with Crippen molar-refractivity contribution in [3.8, 4) is 0 Å². The molecule has 4 heterocycles. The average Bonchev–Trinajstić information content (AvgIpc) is 3.16. The van der Waals surface area contributed by atoms with E-state index in [0.717, 1.165) is 44.8 Å². The quantitative estimate of drug-likeness (QED) is 0.881. The average molecular weight is 355 g/mol. The van der Waals surface area contributed by atoms with Crippen molar-refractivity contribution in [3.05, 3.63) is 48.0 Å². The van der Waals surface area contributed by atoms with Gasteiger partial charge in [-0.15, -0.1) is 0 Å². The van der Waals surface area contributed by atoms with Crippen LogP contribution in [0, 0.1) is 5.92 Å². The molecule has 2 saturated heterocycles. The number of carbonyl (C=O) groups excluding carboxylic acids is 1. The Hall–Kier alpha value is -2.25. The monoisotopic (exact) mass is 355 g/mol. The number of piperidine rings is 1. The van der Waals surface area contributed by atoms with Gasteiger partial charge in [-0.1, -0.05) is 6.07 Å². The summed E-state index contributed by atoms with van der Waals surface area (Å²) in [6.45, 7) is 3.91. The number of nitrogens with zero attached hydrogens (tertiary/aromatic N) is 4.